The average Bonchev–Trinajstić information content (AvgIpc) is 2.70. The predicted molar refractivity (Wildman–Crippen MR) is 58.1 cm³/mol. The van der Waals surface area contributed by atoms with E-state index >= 15 is 0 Å². The molecule has 0 aromatic carbocycles. The van der Waals surface area contributed by atoms with Crippen molar-refractivity contribution in [2.24, 2.45) is 5.92 Å². The standard InChI is InChI=1S/C11H13BrO/c1-7-5-9(7)11-4-3-10(13-11)8(2)6-12/h3-4,7,9H,2,5-6H2,1H3. The van der Waals surface area contributed by atoms with E-state index in [0.717, 1.165) is 28.3 Å². The maximum Gasteiger partial charge on any atom is 0.130 e. The van der Waals surface area contributed by atoms with Gasteiger partial charge < -0.3 is 4.42 Å². The van der Waals surface area contributed by atoms with Gasteiger partial charge in [0.1, 0.15) is 11.5 Å². The highest BCUT2D eigenvalue weighted by atomic mass is 79.9. The van der Waals surface area contributed by atoms with Crippen LogP contribution in [0.4, 0.5) is 0 Å². The fraction of sp³-hybridized carbons (Fsp3) is 0.455. The second-order valence-electron chi connectivity index (χ2n) is 3.76. The van der Waals surface area contributed by atoms with E-state index in [1.807, 2.05) is 6.07 Å². The third kappa shape index (κ3) is 1.73. The van der Waals surface area contributed by atoms with E-state index in [4.69, 9.17) is 4.42 Å². The molecule has 1 fully saturated rings. The summed E-state index contributed by atoms with van der Waals surface area (Å²) in [6.07, 6.45) is 1.27. The largest absolute Gasteiger partial charge is 0.461 e. The summed E-state index contributed by atoms with van der Waals surface area (Å²) in [5, 5.41) is 0.778. The van der Waals surface area contributed by atoms with Crippen molar-refractivity contribution in [2.45, 2.75) is 19.3 Å². The lowest BCUT2D eigenvalue weighted by Gasteiger charge is -1.95. The van der Waals surface area contributed by atoms with Crippen LogP contribution in [-0.4, -0.2) is 5.33 Å². The minimum absolute atomic E-state index is 0.664. The Hall–Kier alpha value is -0.500. The van der Waals surface area contributed by atoms with E-state index in [-0.39, 0.29) is 0 Å². The van der Waals surface area contributed by atoms with Crippen LogP contribution < -0.4 is 0 Å². The highest BCUT2D eigenvalue weighted by Crippen LogP contribution is 2.47. The zero-order valence-electron chi connectivity index (χ0n) is 7.72. The molecule has 70 valence electrons. The van der Waals surface area contributed by atoms with Gasteiger partial charge in [0.15, 0.2) is 0 Å². The Morgan fingerprint density at radius 2 is 2.38 bits per heavy atom. The monoisotopic (exact) mass is 240 g/mol. The summed E-state index contributed by atoms with van der Waals surface area (Å²) in [6, 6.07) is 4.10. The summed E-state index contributed by atoms with van der Waals surface area (Å²) in [7, 11) is 0. The minimum atomic E-state index is 0.664. The summed E-state index contributed by atoms with van der Waals surface area (Å²) >= 11 is 3.37. The van der Waals surface area contributed by atoms with Crippen molar-refractivity contribution in [3.63, 3.8) is 0 Å². The van der Waals surface area contributed by atoms with Gasteiger partial charge in [0.2, 0.25) is 0 Å². The van der Waals surface area contributed by atoms with Gasteiger partial charge in [-0.2, -0.15) is 0 Å². The molecule has 0 amide bonds. The molecule has 0 aliphatic heterocycles. The number of halogens is 1. The van der Waals surface area contributed by atoms with Gasteiger partial charge in [0.05, 0.1) is 0 Å². The molecule has 1 saturated carbocycles. The second kappa shape index (κ2) is 3.33. The average molecular weight is 241 g/mol. The van der Waals surface area contributed by atoms with E-state index in [0.29, 0.717) is 5.92 Å². The van der Waals surface area contributed by atoms with Crippen molar-refractivity contribution in [2.75, 3.05) is 5.33 Å². The van der Waals surface area contributed by atoms with E-state index in [1.54, 1.807) is 0 Å². The maximum absolute atomic E-state index is 5.70. The Bertz CT molecular complexity index is 327. The van der Waals surface area contributed by atoms with Gasteiger partial charge in [0.25, 0.3) is 0 Å². The van der Waals surface area contributed by atoms with Gasteiger partial charge in [-0.05, 0) is 30.0 Å². The topological polar surface area (TPSA) is 13.1 Å². The third-order valence-corrected chi connectivity index (χ3v) is 3.29. The number of furan rings is 1. The summed E-state index contributed by atoms with van der Waals surface area (Å²) in [4.78, 5) is 0. The highest BCUT2D eigenvalue weighted by molar-refractivity contribution is 9.09. The minimum Gasteiger partial charge on any atom is -0.461 e. The number of rotatable bonds is 3. The first kappa shape index (κ1) is 9.07. The molecule has 0 spiro atoms. The van der Waals surface area contributed by atoms with Crippen molar-refractivity contribution in [3.8, 4) is 0 Å². The molecule has 2 unspecified atom stereocenters. The molecule has 0 radical (unpaired) electrons. The van der Waals surface area contributed by atoms with E-state index in [1.165, 1.54) is 6.42 Å². The van der Waals surface area contributed by atoms with Crippen LogP contribution in [0.3, 0.4) is 0 Å². The molecule has 1 nitrogen and oxygen atoms in total. The quantitative estimate of drug-likeness (QED) is 0.733. The van der Waals surface area contributed by atoms with Crippen LogP contribution >= 0.6 is 15.9 Å². The van der Waals surface area contributed by atoms with E-state index < -0.39 is 0 Å². The molecule has 1 aliphatic carbocycles. The van der Waals surface area contributed by atoms with Crippen LogP contribution in [0.2, 0.25) is 0 Å². The lowest BCUT2D eigenvalue weighted by atomic mass is 10.2. The van der Waals surface area contributed by atoms with Crippen molar-refractivity contribution < 1.29 is 4.42 Å². The van der Waals surface area contributed by atoms with Crippen molar-refractivity contribution in [1.29, 1.82) is 0 Å². The molecule has 2 atom stereocenters. The fourth-order valence-electron chi connectivity index (χ4n) is 1.53. The van der Waals surface area contributed by atoms with Gasteiger partial charge in [-0.15, -0.1) is 0 Å². The van der Waals surface area contributed by atoms with Crippen LogP contribution in [0.1, 0.15) is 30.8 Å². The number of alkyl halides is 1. The van der Waals surface area contributed by atoms with Crippen LogP contribution in [-0.2, 0) is 0 Å². The molecular formula is C11H13BrO. The zero-order chi connectivity index (χ0) is 9.42. The summed E-state index contributed by atoms with van der Waals surface area (Å²) in [6.45, 7) is 6.17. The van der Waals surface area contributed by atoms with Crippen molar-refractivity contribution in [1.82, 2.24) is 0 Å². The highest BCUT2D eigenvalue weighted by Gasteiger charge is 2.36. The number of hydrogen-bond donors (Lipinski definition) is 0. The van der Waals surface area contributed by atoms with Crippen LogP contribution in [0.25, 0.3) is 5.57 Å². The van der Waals surface area contributed by atoms with Gasteiger partial charge >= 0.3 is 0 Å². The van der Waals surface area contributed by atoms with E-state index in [9.17, 15) is 0 Å². The predicted octanol–water partition coefficient (Wildman–Crippen LogP) is 3.81. The lowest BCUT2D eigenvalue weighted by molar-refractivity contribution is 0.495. The Morgan fingerprint density at radius 3 is 2.92 bits per heavy atom. The Kier molecular flexibility index (Phi) is 2.33. The fourth-order valence-corrected chi connectivity index (χ4v) is 1.80. The van der Waals surface area contributed by atoms with Crippen LogP contribution in [0.5, 0.6) is 0 Å². The molecule has 0 saturated heterocycles. The SMILES string of the molecule is C=C(CBr)c1ccc(C2CC2C)o1. The summed E-state index contributed by atoms with van der Waals surface area (Å²) < 4.78 is 5.70. The second-order valence-corrected chi connectivity index (χ2v) is 4.32. The molecule has 2 heteroatoms. The third-order valence-electron chi connectivity index (χ3n) is 2.61. The Morgan fingerprint density at radius 1 is 1.69 bits per heavy atom. The number of hydrogen-bond acceptors (Lipinski definition) is 1. The molecule has 0 bridgehead atoms. The first-order chi connectivity index (χ1) is 6.22. The number of allylic oxidation sites excluding steroid dienone is 1. The van der Waals surface area contributed by atoms with E-state index in [2.05, 4.69) is 35.5 Å². The lowest BCUT2D eigenvalue weighted by Crippen LogP contribution is -1.78. The summed E-state index contributed by atoms with van der Waals surface area (Å²) in [5.74, 6) is 3.52. The van der Waals surface area contributed by atoms with Crippen molar-refractivity contribution >= 4 is 21.5 Å². The van der Waals surface area contributed by atoms with Crippen molar-refractivity contribution in [3.05, 3.63) is 30.2 Å². The van der Waals surface area contributed by atoms with Gasteiger partial charge in [-0.3, -0.25) is 0 Å². The summed E-state index contributed by atoms with van der Waals surface area (Å²) in [5.41, 5.74) is 1.01. The van der Waals surface area contributed by atoms with Gasteiger partial charge in [-0.25, -0.2) is 0 Å². The van der Waals surface area contributed by atoms with Gasteiger partial charge in [-0.1, -0.05) is 29.4 Å². The molecular weight excluding hydrogens is 228 g/mol. The molecule has 1 heterocycles. The smallest absolute Gasteiger partial charge is 0.130 e. The zero-order valence-corrected chi connectivity index (χ0v) is 9.30. The molecule has 2 rings (SSSR count). The molecule has 1 aromatic heterocycles. The van der Waals surface area contributed by atoms with Gasteiger partial charge in [0, 0.05) is 11.2 Å². The molecule has 13 heavy (non-hydrogen) atoms. The normalized spacial score (nSPS) is 26.0. The first-order valence-electron chi connectivity index (χ1n) is 4.56. The van der Waals surface area contributed by atoms with Crippen LogP contribution in [0.15, 0.2) is 23.1 Å². The maximum atomic E-state index is 5.70. The molecule has 1 aromatic rings. The molecule has 1 aliphatic rings. The Balaban J connectivity index is 2.14. The molecule has 0 N–H and O–H groups in total. The Labute approximate surface area is 87.0 Å². The first-order valence-corrected chi connectivity index (χ1v) is 5.68. The van der Waals surface area contributed by atoms with Crippen LogP contribution in [0, 0.1) is 5.92 Å².